The summed E-state index contributed by atoms with van der Waals surface area (Å²) in [5, 5.41) is 0. The molecule has 0 saturated heterocycles. The lowest BCUT2D eigenvalue weighted by Crippen LogP contribution is -2.01. The average molecular weight is 121 g/mol. The maximum Gasteiger partial charge on any atom is 0.0305 e. The van der Waals surface area contributed by atoms with Gasteiger partial charge in [-0.2, -0.15) is 0 Å². The summed E-state index contributed by atoms with van der Waals surface area (Å²) in [5.74, 6) is -3.34. The molecule has 0 heterocycles. The van der Waals surface area contributed by atoms with Gasteiger partial charge in [0.05, 0.1) is 0 Å². The molecule has 0 aromatic carbocycles. The Hall–Kier alpha value is 0. The smallest absolute Gasteiger partial charge is 0.0305 e. The van der Waals surface area contributed by atoms with Gasteiger partial charge < -0.3 is 0 Å². The highest BCUT2D eigenvalue weighted by molar-refractivity contribution is 4.69. The van der Waals surface area contributed by atoms with Gasteiger partial charge in [0.25, 0.3) is 0 Å². The van der Waals surface area contributed by atoms with Gasteiger partial charge in [0.2, 0.25) is 0 Å². The van der Waals surface area contributed by atoms with E-state index in [0.717, 1.165) is 0 Å². The molecule has 0 aromatic rings. The summed E-state index contributed by atoms with van der Waals surface area (Å²) < 4.78 is 69.1. The van der Waals surface area contributed by atoms with E-state index in [2.05, 4.69) is 0 Å². The first-order chi connectivity index (χ1) is 7.19. The molecule has 1 fully saturated rings. The molecule has 0 bridgehead atoms. The van der Waals surface area contributed by atoms with E-state index < -0.39 is 37.3 Å². The Morgan fingerprint density at radius 3 is 2.25 bits per heavy atom. The van der Waals surface area contributed by atoms with Crippen molar-refractivity contribution in [3.05, 3.63) is 0 Å². The fourth-order valence-corrected chi connectivity index (χ4v) is 0.517. The van der Waals surface area contributed by atoms with Gasteiger partial charge in [-0.05, 0) is 11.8 Å². The zero-order chi connectivity index (χ0) is 14.1. The molecule has 0 atom stereocenters. The first-order valence-electron chi connectivity index (χ1n) is 7.19. The molecule has 0 N–H and O–H groups in total. The minimum Gasteiger partial charge on any atom is -0.0625 e. The molecule has 8 heavy (non-hydrogen) atoms. The largest absolute Gasteiger partial charge is 0.0625 e. The highest BCUT2D eigenvalue weighted by Crippen LogP contribution is 2.30. The predicted octanol–water partition coefficient (Wildman–Crippen LogP) is 2.83. The van der Waals surface area contributed by atoms with Crippen LogP contribution in [0.5, 0.6) is 0 Å². The van der Waals surface area contributed by atoms with Crippen LogP contribution in [0.3, 0.4) is 0 Å². The van der Waals surface area contributed by atoms with Crippen LogP contribution in [0.1, 0.15) is 51.7 Å². The third kappa shape index (κ3) is 1.24. The lowest BCUT2D eigenvalue weighted by atomic mass is 9.95. The van der Waals surface area contributed by atoms with E-state index in [1.807, 2.05) is 0 Å². The van der Waals surface area contributed by atoms with Gasteiger partial charge in [-0.3, -0.25) is 0 Å². The Bertz CT molecular complexity index is 304. The SMILES string of the molecule is [2H]C1([2H])C([2H])([2H])C([2H])([2H])C([2H])(C(C)C)C1([2H])[2H]. The van der Waals surface area contributed by atoms with Crippen LogP contribution in [0, 0.1) is 11.8 Å². The second-order valence-corrected chi connectivity index (χ2v) is 2.07. The lowest BCUT2D eigenvalue weighted by Gasteiger charge is -2.11. The van der Waals surface area contributed by atoms with Gasteiger partial charge >= 0.3 is 0 Å². The maximum atomic E-state index is 8.02. The second-order valence-electron chi connectivity index (χ2n) is 2.07. The van der Waals surface area contributed by atoms with E-state index in [-0.39, 0.29) is 0 Å². The minimum atomic E-state index is -3.06. The lowest BCUT2D eigenvalue weighted by molar-refractivity contribution is 0.396. The Morgan fingerprint density at radius 1 is 1.50 bits per heavy atom. The van der Waals surface area contributed by atoms with E-state index in [1.165, 1.54) is 13.8 Å². The van der Waals surface area contributed by atoms with Crippen molar-refractivity contribution in [3.63, 3.8) is 0 Å². The standard InChI is InChI=1S/C8H16/c1-7(2)8-5-3-4-6-8/h7-8H,3-6H2,1-2H3/i3D2,4D2,5D2,6D2,8D. The molecular formula is C8H16. The van der Waals surface area contributed by atoms with Crippen LogP contribution < -0.4 is 0 Å². The van der Waals surface area contributed by atoms with E-state index in [4.69, 9.17) is 12.3 Å². The summed E-state index contributed by atoms with van der Waals surface area (Å²) in [4.78, 5) is 0. The molecule has 0 amide bonds. The average Bonchev–Trinajstić information content (AvgIpc) is 2.17. The fraction of sp³-hybridized carbons (Fsp3) is 1.00. The molecule has 1 rings (SSSR count). The van der Waals surface area contributed by atoms with E-state index >= 15 is 0 Å². The Labute approximate surface area is 64.9 Å². The molecular weight excluding hydrogens is 96.1 g/mol. The molecule has 1 saturated carbocycles. The van der Waals surface area contributed by atoms with Crippen molar-refractivity contribution in [2.45, 2.75) is 39.3 Å². The maximum absolute atomic E-state index is 8.02. The zero-order valence-electron chi connectivity index (χ0n) is 14.1. The van der Waals surface area contributed by atoms with Crippen LogP contribution in [-0.4, -0.2) is 0 Å². The van der Waals surface area contributed by atoms with Gasteiger partial charge in [0.1, 0.15) is 0 Å². The van der Waals surface area contributed by atoms with Crippen molar-refractivity contribution in [3.8, 4) is 0 Å². The Balaban J connectivity index is 3.65. The molecule has 1 aliphatic rings. The monoisotopic (exact) mass is 121 g/mol. The highest BCUT2D eigenvalue weighted by atomic mass is 14.2. The molecule has 1 aliphatic carbocycles. The quantitative estimate of drug-likeness (QED) is 0.500. The first kappa shape index (κ1) is 1.36. The minimum absolute atomic E-state index is 0.861. The van der Waals surface area contributed by atoms with Crippen molar-refractivity contribution >= 4 is 0 Å². The fourth-order valence-electron chi connectivity index (χ4n) is 0.517. The summed E-state index contributed by atoms with van der Waals surface area (Å²) >= 11 is 0. The Morgan fingerprint density at radius 2 is 2.00 bits per heavy atom. The summed E-state index contributed by atoms with van der Waals surface area (Å²) in [7, 11) is 0. The van der Waals surface area contributed by atoms with Gasteiger partial charge in [0.15, 0.2) is 0 Å². The van der Waals surface area contributed by atoms with Crippen molar-refractivity contribution in [1.29, 1.82) is 0 Å². The van der Waals surface area contributed by atoms with Crippen LogP contribution in [0.15, 0.2) is 0 Å². The van der Waals surface area contributed by atoms with Gasteiger partial charge in [-0.1, -0.05) is 39.3 Å². The summed E-state index contributed by atoms with van der Waals surface area (Å²) in [6.45, 7) is 2.81. The molecule has 0 spiro atoms. The summed E-state index contributed by atoms with van der Waals surface area (Å²) in [5.41, 5.74) is 0. The van der Waals surface area contributed by atoms with Crippen LogP contribution in [0.2, 0.25) is 0 Å². The molecule has 0 heteroatoms. The molecule has 0 aliphatic heterocycles. The van der Waals surface area contributed by atoms with Gasteiger partial charge in [-0.15, -0.1) is 0 Å². The normalized spacial score (nSPS) is 68.6. The topological polar surface area (TPSA) is 0 Å². The van der Waals surface area contributed by atoms with Crippen LogP contribution in [0.25, 0.3) is 0 Å². The van der Waals surface area contributed by atoms with Crippen LogP contribution >= 0.6 is 0 Å². The van der Waals surface area contributed by atoms with Crippen LogP contribution in [-0.2, 0) is 0 Å². The first-order valence-corrected chi connectivity index (χ1v) is 2.69. The second kappa shape index (κ2) is 2.52. The van der Waals surface area contributed by atoms with E-state index in [9.17, 15) is 0 Å². The number of rotatable bonds is 1. The van der Waals surface area contributed by atoms with Gasteiger partial charge in [-0.25, -0.2) is 0 Å². The van der Waals surface area contributed by atoms with E-state index in [0.29, 0.717) is 0 Å². The molecule has 0 unspecified atom stereocenters. The van der Waals surface area contributed by atoms with Crippen molar-refractivity contribution in [1.82, 2.24) is 0 Å². The van der Waals surface area contributed by atoms with Crippen LogP contribution in [0.4, 0.5) is 0 Å². The van der Waals surface area contributed by atoms with E-state index in [1.54, 1.807) is 0 Å². The van der Waals surface area contributed by atoms with Crippen molar-refractivity contribution < 1.29 is 12.3 Å². The van der Waals surface area contributed by atoms with Crippen molar-refractivity contribution in [2.24, 2.45) is 11.8 Å². The summed E-state index contributed by atoms with van der Waals surface area (Å²) in [6, 6.07) is 0. The molecule has 0 nitrogen and oxygen atoms in total. The van der Waals surface area contributed by atoms with Crippen molar-refractivity contribution in [2.75, 3.05) is 0 Å². The highest BCUT2D eigenvalue weighted by Gasteiger charge is 2.17. The predicted molar refractivity (Wildman–Crippen MR) is 36.8 cm³/mol. The Kier molecular flexibility index (Phi) is 0.427. The third-order valence-corrected chi connectivity index (χ3v) is 1.03. The molecule has 0 aromatic heterocycles. The number of hydrogen-bond donors (Lipinski definition) is 0. The molecule has 48 valence electrons. The van der Waals surface area contributed by atoms with Gasteiger partial charge in [0, 0.05) is 12.3 Å². The number of hydrogen-bond acceptors (Lipinski definition) is 0. The molecule has 0 radical (unpaired) electrons. The summed E-state index contributed by atoms with van der Waals surface area (Å²) in [6.07, 6.45) is -12.0. The zero-order valence-corrected chi connectivity index (χ0v) is 5.08. The third-order valence-electron chi connectivity index (χ3n) is 1.03.